The molecule has 6 rings (SSSR count). The maximum Gasteiger partial charge on any atom is 0.274 e. The number of carbonyl (C=O) groups is 1. The van der Waals surface area contributed by atoms with Crippen LogP contribution in [0.5, 0.6) is 0 Å². The maximum atomic E-state index is 11.7. The third-order valence-corrected chi connectivity index (χ3v) is 5.37. The minimum Gasteiger partial charge on any atom is -0.337 e. The molecule has 10 heteroatoms. The van der Waals surface area contributed by atoms with Crippen LogP contribution in [0.25, 0.3) is 5.52 Å². The minimum atomic E-state index is 0.00519. The average molecular weight is 444 g/mol. The lowest BCUT2D eigenvalue weighted by atomic mass is 10.3. The molecule has 0 unspecified atom stereocenters. The Hall–Kier alpha value is -4.26. The van der Waals surface area contributed by atoms with E-state index in [4.69, 9.17) is 0 Å². The van der Waals surface area contributed by atoms with E-state index in [0.29, 0.717) is 11.6 Å². The van der Waals surface area contributed by atoms with Crippen molar-refractivity contribution in [2.24, 2.45) is 0 Å². The second-order valence-electron chi connectivity index (χ2n) is 7.64. The molecule has 10 nitrogen and oxygen atoms in total. The van der Waals surface area contributed by atoms with Crippen LogP contribution in [0.3, 0.4) is 0 Å². The number of likely N-dealkylation sites (tertiary alicyclic amines) is 1. The zero-order valence-electron chi connectivity index (χ0n) is 18.1. The van der Waals surface area contributed by atoms with Gasteiger partial charge in [-0.1, -0.05) is 0 Å². The number of anilines is 2. The quantitative estimate of drug-likeness (QED) is 0.466. The van der Waals surface area contributed by atoms with Crippen LogP contribution >= 0.6 is 0 Å². The summed E-state index contributed by atoms with van der Waals surface area (Å²) < 4.78 is 1.78. The predicted octanol–water partition coefficient (Wildman–Crippen LogP) is 3.04. The SMILES string of the molecule is C#C.O=C(c1cnccn1)N1CCCC1.c1cc2c(Nc3cc(C4CC4)[nH]n3)ncnn2c1. The molecule has 1 aliphatic heterocycles. The first-order chi connectivity index (χ1) is 16.3. The topological polar surface area (TPSA) is 117 Å². The van der Waals surface area contributed by atoms with E-state index in [0.717, 1.165) is 43.1 Å². The molecule has 1 saturated carbocycles. The second kappa shape index (κ2) is 10.4. The minimum absolute atomic E-state index is 0.00519. The van der Waals surface area contributed by atoms with Crippen molar-refractivity contribution in [2.45, 2.75) is 31.6 Å². The molecule has 0 aromatic carbocycles. The highest BCUT2D eigenvalue weighted by molar-refractivity contribution is 5.92. The van der Waals surface area contributed by atoms with Crippen LogP contribution in [0.15, 0.2) is 49.3 Å². The van der Waals surface area contributed by atoms with E-state index in [1.807, 2.05) is 23.2 Å². The summed E-state index contributed by atoms with van der Waals surface area (Å²) in [5.41, 5.74) is 2.59. The molecular weight excluding hydrogens is 418 g/mol. The fourth-order valence-corrected chi connectivity index (χ4v) is 3.58. The van der Waals surface area contributed by atoms with Crippen molar-refractivity contribution in [3.05, 3.63) is 60.7 Å². The molecule has 2 aliphatic rings. The Morgan fingerprint density at radius 1 is 1.15 bits per heavy atom. The third-order valence-electron chi connectivity index (χ3n) is 5.37. The Kier molecular flexibility index (Phi) is 6.90. The van der Waals surface area contributed by atoms with Crippen LogP contribution in [-0.2, 0) is 0 Å². The van der Waals surface area contributed by atoms with E-state index in [9.17, 15) is 4.79 Å². The van der Waals surface area contributed by atoms with Gasteiger partial charge < -0.3 is 10.2 Å². The fraction of sp³-hybridized carbons (Fsp3) is 0.304. The lowest BCUT2D eigenvalue weighted by Gasteiger charge is -2.13. The van der Waals surface area contributed by atoms with E-state index >= 15 is 0 Å². The molecule has 5 heterocycles. The molecule has 1 saturated heterocycles. The molecule has 0 atom stereocenters. The molecule has 33 heavy (non-hydrogen) atoms. The summed E-state index contributed by atoms with van der Waals surface area (Å²) >= 11 is 0. The largest absolute Gasteiger partial charge is 0.337 e. The zero-order chi connectivity index (χ0) is 23.0. The van der Waals surface area contributed by atoms with Gasteiger partial charge in [0.15, 0.2) is 11.6 Å². The number of H-pyrrole nitrogens is 1. The highest BCUT2D eigenvalue weighted by Crippen LogP contribution is 2.39. The van der Waals surface area contributed by atoms with Crippen molar-refractivity contribution in [3.8, 4) is 12.8 Å². The van der Waals surface area contributed by atoms with Gasteiger partial charge in [0.25, 0.3) is 5.91 Å². The number of terminal acetylenes is 1. The van der Waals surface area contributed by atoms with Crippen LogP contribution in [0.4, 0.5) is 11.6 Å². The fourth-order valence-electron chi connectivity index (χ4n) is 3.58. The van der Waals surface area contributed by atoms with Crippen molar-refractivity contribution in [1.29, 1.82) is 0 Å². The number of hydrogen-bond donors (Lipinski definition) is 2. The summed E-state index contributed by atoms with van der Waals surface area (Å²) in [6, 6.07) is 5.96. The first-order valence-corrected chi connectivity index (χ1v) is 10.8. The van der Waals surface area contributed by atoms with Crippen molar-refractivity contribution in [3.63, 3.8) is 0 Å². The molecule has 0 bridgehead atoms. The van der Waals surface area contributed by atoms with Gasteiger partial charge in [-0.2, -0.15) is 10.2 Å². The monoisotopic (exact) mass is 443 g/mol. The Labute approximate surface area is 191 Å². The van der Waals surface area contributed by atoms with Gasteiger partial charge in [-0.05, 0) is 37.8 Å². The first kappa shape index (κ1) is 22.0. The molecule has 2 N–H and O–H groups in total. The molecule has 1 amide bonds. The summed E-state index contributed by atoms with van der Waals surface area (Å²) in [5.74, 6) is 2.25. The molecule has 168 valence electrons. The Bertz CT molecular complexity index is 1200. The summed E-state index contributed by atoms with van der Waals surface area (Å²) in [6.07, 6.45) is 20.8. The van der Waals surface area contributed by atoms with Gasteiger partial charge in [0.2, 0.25) is 0 Å². The summed E-state index contributed by atoms with van der Waals surface area (Å²) in [7, 11) is 0. The van der Waals surface area contributed by atoms with Crippen LogP contribution in [0.1, 0.15) is 47.8 Å². The van der Waals surface area contributed by atoms with Gasteiger partial charge in [-0.25, -0.2) is 14.5 Å². The molecule has 4 aromatic rings. The number of amides is 1. The highest BCUT2D eigenvalue weighted by atomic mass is 16.2. The van der Waals surface area contributed by atoms with Gasteiger partial charge in [0.1, 0.15) is 17.5 Å². The molecule has 0 radical (unpaired) electrons. The highest BCUT2D eigenvalue weighted by Gasteiger charge is 2.25. The number of hydrogen-bond acceptors (Lipinski definition) is 7. The van der Waals surface area contributed by atoms with Gasteiger partial charge in [-0.15, -0.1) is 12.8 Å². The second-order valence-corrected chi connectivity index (χ2v) is 7.64. The van der Waals surface area contributed by atoms with Crippen molar-refractivity contribution in [1.82, 2.24) is 39.7 Å². The number of rotatable bonds is 4. The Balaban J connectivity index is 0.000000154. The Morgan fingerprint density at radius 2 is 1.97 bits per heavy atom. The first-order valence-electron chi connectivity index (χ1n) is 10.8. The van der Waals surface area contributed by atoms with Crippen LogP contribution in [-0.4, -0.2) is 58.7 Å². The molecular formula is C23H25N9O. The number of aromatic amines is 1. The summed E-state index contributed by atoms with van der Waals surface area (Å²) in [4.78, 5) is 25.6. The molecule has 4 aromatic heterocycles. The van der Waals surface area contributed by atoms with Crippen LogP contribution < -0.4 is 5.32 Å². The lowest BCUT2D eigenvalue weighted by molar-refractivity contribution is 0.0786. The number of aromatic nitrogens is 7. The molecule has 2 fully saturated rings. The average Bonchev–Trinajstić information content (AvgIpc) is 3.27. The van der Waals surface area contributed by atoms with Crippen molar-refractivity contribution in [2.75, 3.05) is 18.4 Å². The van der Waals surface area contributed by atoms with Crippen molar-refractivity contribution >= 4 is 23.1 Å². The normalized spacial score (nSPS) is 14.7. The van der Waals surface area contributed by atoms with Crippen molar-refractivity contribution < 1.29 is 4.79 Å². The Morgan fingerprint density at radius 3 is 2.70 bits per heavy atom. The summed E-state index contributed by atoms with van der Waals surface area (Å²) in [6.45, 7) is 1.71. The third kappa shape index (κ3) is 5.33. The number of nitrogens with one attached hydrogen (secondary N) is 2. The van der Waals surface area contributed by atoms with Gasteiger partial charge in [0.05, 0.1) is 6.20 Å². The molecule has 0 spiro atoms. The number of nitrogens with zero attached hydrogens (tertiary/aromatic N) is 7. The zero-order valence-corrected chi connectivity index (χ0v) is 18.1. The smallest absolute Gasteiger partial charge is 0.274 e. The lowest BCUT2D eigenvalue weighted by Crippen LogP contribution is -2.28. The van der Waals surface area contributed by atoms with Gasteiger partial charge in [-0.3, -0.25) is 14.9 Å². The predicted molar refractivity (Wildman–Crippen MR) is 124 cm³/mol. The maximum absolute atomic E-state index is 11.7. The number of carbonyl (C=O) groups excluding carboxylic acids is 1. The standard InChI is InChI=1S/C12H12N6.C9H11N3O.C2H2/c1-2-10-12(13-7-14-18(10)5-1)15-11-6-9(16-17-11)8-3-4-8;13-9(12-5-1-2-6-12)8-7-10-3-4-11-8;1-2/h1-2,5-8H,3-4H2,(H2,13,14,15,16,17);3-4,7H,1-2,5-6H2;1-2H. The van der Waals surface area contributed by atoms with E-state index in [1.54, 1.807) is 16.9 Å². The van der Waals surface area contributed by atoms with Crippen LogP contribution in [0.2, 0.25) is 0 Å². The van der Waals surface area contributed by atoms with Crippen LogP contribution in [0, 0.1) is 12.8 Å². The van der Waals surface area contributed by atoms with Gasteiger partial charge >= 0.3 is 0 Å². The van der Waals surface area contributed by atoms with E-state index in [1.165, 1.54) is 31.1 Å². The van der Waals surface area contributed by atoms with E-state index in [-0.39, 0.29) is 5.91 Å². The summed E-state index contributed by atoms with van der Waals surface area (Å²) in [5, 5.41) is 14.7. The molecule has 1 aliphatic carbocycles. The number of fused-ring (bicyclic) bond motifs is 1. The van der Waals surface area contributed by atoms with E-state index < -0.39 is 0 Å². The van der Waals surface area contributed by atoms with Gasteiger partial charge in [0, 0.05) is 49.4 Å². The van der Waals surface area contributed by atoms with E-state index in [2.05, 4.69) is 54.5 Å².